The van der Waals surface area contributed by atoms with Crippen LogP contribution in [-0.4, -0.2) is 18.5 Å². The lowest BCUT2D eigenvalue weighted by molar-refractivity contribution is -0.148. The second kappa shape index (κ2) is 8.32. The fraction of sp³-hybridized carbons (Fsp3) is 0.222. The van der Waals surface area contributed by atoms with Crippen molar-refractivity contribution in [3.8, 4) is 0 Å². The number of hydrogen-bond donors (Lipinski definition) is 1. The summed E-state index contributed by atoms with van der Waals surface area (Å²) < 4.78 is 44.1. The molecule has 7 heteroatoms. The molecule has 0 heterocycles. The molecule has 0 aliphatic carbocycles. The molecule has 0 unspecified atom stereocenters. The number of esters is 1. The SMILES string of the molecule is C[C@H](NC(=O)COC(=O)Cc1ccc(F)cc1)c1ccc(F)cc1F. The van der Waals surface area contributed by atoms with Gasteiger partial charge in [0.05, 0.1) is 12.5 Å². The first-order valence-electron chi connectivity index (χ1n) is 7.49. The Labute approximate surface area is 142 Å². The van der Waals surface area contributed by atoms with Gasteiger partial charge in [-0.3, -0.25) is 9.59 Å². The van der Waals surface area contributed by atoms with Crippen LogP contribution in [0.15, 0.2) is 42.5 Å². The van der Waals surface area contributed by atoms with Crippen molar-refractivity contribution in [1.29, 1.82) is 0 Å². The number of rotatable bonds is 6. The van der Waals surface area contributed by atoms with Crippen LogP contribution in [0.4, 0.5) is 13.2 Å². The number of carbonyl (C=O) groups is 2. The van der Waals surface area contributed by atoms with Crippen molar-refractivity contribution >= 4 is 11.9 Å². The molecule has 2 aromatic rings. The molecule has 0 saturated heterocycles. The van der Waals surface area contributed by atoms with E-state index in [1.165, 1.54) is 37.3 Å². The second-order valence-corrected chi connectivity index (χ2v) is 5.42. The van der Waals surface area contributed by atoms with Crippen molar-refractivity contribution in [1.82, 2.24) is 5.32 Å². The number of hydrogen-bond acceptors (Lipinski definition) is 3. The summed E-state index contributed by atoms with van der Waals surface area (Å²) in [6.45, 7) is 0.988. The van der Waals surface area contributed by atoms with Gasteiger partial charge in [-0.05, 0) is 30.7 Å². The van der Waals surface area contributed by atoms with Gasteiger partial charge in [-0.1, -0.05) is 18.2 Å². The third kappa shape index (κ3) is 5.63. The molecule has 0 fully saturated rings. The van der Waals surface area contributed by atoms with Crippen molar-refractivity contribution in [2.75, 3.05) is 6.61 Å². The van der Waals surface area contributed by atoms with E-state index >= 15 is 0 Å². The van der Waals surface area contributed by atoms with Gasteiger partial charge in [-0.25, -0.2) is 13.2 Å². The molecular formula is C18H16F3NO3. The Morgan fingerprint density at radius 2 is 1.68 bits per heavy atom. The maximum absolute atomic E-state index is 13.6. The minimum atomic E-state index is -0.777. The number of ether oxygens (including phenoxy) is 1. The summed E-state index contributed by atoms with van der Waals surface area (Å²) in [5, 5.41) is 2.45. The van der Waals surface area contributed by atoms with Gasteiger partial charge in [0.2, 0.25) is 0 Å². The van der Waals surface area contributed by atoms with E-state index in [0.29, 0.717) is 5.56 Å². The lowest BCUT2D eigenvalue weighted by Gasteiger charge is -2.15. The third-order valence-corrected chi connectivity index (χ3v) is 3.43. The number of halogens is 3. The minimum absolute atomic E-state index is 0.101. The first-order valence-corrected chi connectivity index (χ1v) is 7.49. The molecule has 0 saturated carbocycles. The first kappa shape index (κ1) is 18.5. The average molecular weight is 351 g/mol. The summed E-state index contributed by atoms with van der Waals surface area (Å²) in [6, 6.07) is 7.64. The van der Waals surface area contributed by atoms with Crippen LogP contribution in [0.3, 0.4) is 0 Å². The Hall–Kier alpha value is -2.83. The van der Waals surface area contributed by atoms with Crippen LogP contribution < -0.4 is 5.32 Å². The zero-order valence-corrected chi connectivity index (χ0v) is 13.4. The molecule has 1 amide bonds. The number of benzene rings is 2. The molecule has 25 heavy (non-hydrogen) atoms. The molecule has 0 bridgehead atoms. The highest BCUT2D eigenvalue weighted by Crippen LogP contribution is 2.17. The molecule has 132 valence electrons. The van der Waals surface area contributed by atoms with Crippen LogP contribution >= 0.6 is 0 Å². The summed E-state index contributed by atoms with van der Waals surface area (Å²) in [5.74, 6) is -3.18. The van der Waals surface area contributed by atoms with Crippen LogP contribution in [0.5, 0.6) is 0 Å². The molecule has 2 aromatic carbocycles. The van der Waals surface area contributed by atoms with Gasteiger partial charge >= 0.3 is 5.97 Å². The lowest BCUT2D eigenvalue weighted by Crippen LogP contribution is -2.31. The van der Waals surface area contributed by atoms with Crippen molar-refractivity contribution in [3.05, 3.63) is 71.0 Å². The second-order valence-electron chi connectivity index (χ2n) is 5.42. The zero-order valence-electron chi connectivity index (χ0n) is 13.4. The van der Waals surface area contributed by atoms with Gasteiger partial charge < -0.3 is 10.1 Å². The van der Waals surface area contributed by atoms with E-state index in [9.17, 15) is 22.8 Å². The Morgan fingerprint density at radius 3 is 2.32 bits per heavy atom. The quantitative estimate of drug-likeness (QED) is 0.814. The molecule has 2 rings (SSSR count). The smallest absolute Gasteiger partial charge is 0.310 e. The summed E-state index contributed by atoms with van der Waals surface area (Å²) >= 11 is 0. The van der Waals surface area contributed by atoms with Gasteiger partial charge in [-0.15, -0.1) is 0 Å². The molecule has 1 atom stereocenters. The normalized spacial score (nSPS) is 11.7. The Bertz CT molecular complexity index is 763. The van der Waals surface area contributed by atoms with Crippen molar-refractivity contribution < 1.29 is 27.5 Å². The topological polar surface area (TPSA) is 55.4 Å². The summed E-state index contributed by atoms with van der Waals surface area (Å²) in [7, 11) is 0. The number of amides is 1. The highest BCUT2D eigenvalue weighted by molar-refractivity contribution is 5.81. The van der Waals surface area contributed by atoms with Crippen LogP contribution in [0, 0.1) is 17.5 Å². The maximum Gasteiger partial charge on any atom is 0.310 e. The van der Waals surface area contributed by atoms with Gasteiger partial charge in [0.1, 0.15) is 17.5 Å². The summed E-state index contributed by atoms with van der Waals surface area (Å²) in [4.78, 5) is 23.4. The molecule has 0 aliphatic heterocycles. The molecular weight excluding hydrogens is 335 g/mol. The maximum atomic E-state index is 13.6. The summed E-state index contributed by atoms with van der Waals surface area (Å²) in [6.07, 6.45) is -0.101. The predicted octanol–water partition coefficient (Wildman–Crippen LogP) is 3.07. The molecule has 0 radical (unpaired) electrons. The van der Waals surface area contributed by atoms with E-state index in [4.69, 9.17) is 4.74 Å². The highest BCUT2D eigenvalue weighted by Gasteiger charge is 2.15. The van der Waals surface area contributed by atoms with E-state index in [-0.39, 0.29) is 12.0 Å². The predicted molar refractivity (Wildman–Crippen MR) is 84.0 cm³/mol. The highest BCUT2D eigenvalue weighted by atomic mass is 19.1. The lowest BCUT2D eigenvalue weighted by atomic mass is 10.1. The van der Waals surface area contributed by atoms with Crippen molar-refractivity contribution in [3.63, 3.8) is 0 Å². The first-order chi connectivity index (χ1) is 11.8. The van der Waals surface area contributed by atoms with E-state index in [2.05, 4.69) is 5.32 Å². The van der Waals surface area contributed by atoms with Gasteiger partial charge in [-0.2, -0.15) is 0 Å². The molecule has 0 aliphatic rings. The molecule has 1 N–H and O–H groups in total. The number of carbonyl (C=O) groups excluding carboxylic acids is 2. The Balaban J connectivity index is 1.81. The molecule has 0 spiro atoms. The Kier molecular flexibility index (Phi) is 6.16. The third-order valence-electron chi connectivity index (χ3n) is 3.43. The van der Waals surface area contributed by atoms with Crippen LogP contribution in [0.1, 0.15) is 24.1 Å². The van der Waals surface area contributed by atoms with Crippen LogP contribution in [0.25, 0.3) is 0 Å². The summed E-state index contributed by atoms with van der Waals surface area (Å²) in [5.41, 5.74) is 0.668. The standard InChI is InChI=1S/C18H16F3NO3/c1-11(15-7-6-14(20)9-16(15)21)22-17(23)10-25-18(24)8-12-2-4-13(19)5-3-12/h2-7,9,11H,8,10H2,1H3,(H,22,23)/t11-/m0/s1. The Morgan fingerprint density at radius 1 is 1.04 bits per heavy atom. The van der Waals surface area contributed by atoms with Crippen molar-refractivity contribution in [2.45, 2.75) is 19.4 Å². The van der Waals surface area contributed by atoms with Gasteiger partial charge in [0.25, 0.3) is 5.91 Å². The van der Waals surface area contributed by atoms with E-state index < -0.39 is 42.0 Å². The van der Waals surface area contributed by atoms with Crippen molar-refractivity contribution in [2.24, 2.45) is 0 Å². The van der Waals surface area contributed by atoms with E-state index in [1.807, 2.05) is 0 Å². The van der Waals surface area contributed by atoms with E-state index in [1.54, 1.807) is 0 Å². The monoisotopic (exact) mass is 351 g/mol. The fourth-order valence-corrected chi connectivity index (χ4v) is 2.18. The molecule has 4 nitrogen and oxygen atoms in total. The van der Waals surface area contributed by atoms with Crippen LogP contribution in [-0.2, 0) is 20.7 Å². The largest absolute Gasteiger partial charge is 0.455 e. The number of nitrogens with one attached hydrogen (secondary N) is 1. The van der Waals surface area contributed by atoms with Gasteiger partial charge in [0.15, 0.2) is 6.61 Å². The van der Waals surface area contributed by atoms with Crippen LogP contribution in [0.2, 0.25) is 0 Å². The minimum Gasteiger partial charge on any atom is -0.455 e. The van der Waals surface area contributed by atoms with E-state index in [0.717, 1.165) is 12.1 Å². The average Bonchev–Trinajstić information content (AvgIpc) is 2.55. The van der Waals surface area contributed by atoms with Gasteiger partial charge in [0, 0.05) is 11.6 Å². The fourth-order valence-electron chi connectivity index (χ4n) is 2.18. The molecule has 0 aromatic heterocycles. The zero-order chi connectivity index (χ0) is 18.4.